The van der Waals surface area contributed by atoms with Crippen LogP contribution in [0.3, 0.4) is 0 Å². The van der Waals surface area contributed by atoms with Gasteiger partial charge in [0.1, 0.15) is 0 Å². The van der Waals surface area contributed by atoms with Gasteiger partial charge in [0.15, 0.2) is 0 Å². The molecule has 3 nitrogen and oxygen atoms in total. The van der Waals surface area contributed by atoms with Gasteiger partial charge in [0, 0.05) is 18.5 Å². The fourth-order valence-electron chi connectivity index (χ4n) is 3.12. The molecule has 0 aromatic rings. The molecule has 1 saturated carbocycles. The molecule has 102 valence electrons. The Morgan fingerprint density at radius 3 is 2.78 bits per heavy atom. The summed E-state index contributed by atoms with van der Waals surface area (Å²) >= 11 is 0. The Hall–Kier alpha value is -0.830. The van der Waals surface area contributed by atoms with E-state index in [1.165, 1.54) is 12.0 Å². The van der Waals surface area contributed by atoms with Crippen molar-refractivity contribution in [1.82, 2.24) is 10.6 Å². The van der Waals surface area contributed by atoms with E-state index in [2.05, 4.69) is 30.6 Å². The third-order valence-corrected chi connectivity index (χ3v) is 4.23. The van der Waals surface area contributed by atoms with Crippen LogP contribution >= 0.6 is 0 Å². The van der Waals surface area contributed by atoms with Crippen molar-refractivity contribution < 1.29 is 4.79 Å². The molecule has 1 fully saturated rings. The van der Waals surface area contributed by atoms with Crippen molar-refractivity contribution in [3.05, 3.63) is 11.6 Å². The predicted molar refractivity (Wildman–Crippen MR) is 74.3 cm³/mol. The van der Waals surface area contributed by atoms with E-state index < -0.39 is 0 Å². The molecule has 1 heterocycles. The molecule has 2 aliphatic rings. The number of rotatable bonds is 5. The van der Waals surface area contributed by atoms with E-state index in [4.69, 9.17) is 0 Å². The van der Waals surface area contributed by atoms with E-state index in [0.29, 0.717) is 11.8 Å². The number of hydrogen-bond acceptors (Lipinski definition) is 2. The minimum absolute atomic E-state index is 0.0400. The SMILES string of the molecule is CC(C)CC1(C(=O)NCC2=CCNCC2)CCC1. The maximum Gasteiger partial charge on any atom is 0.226 e. The number of carbonyl (C=O) groups is 1. The first-order valence-corrected chi connectivity index (χ1v) is 7.29. The van der Waals surface area contributed by atoms with Crippen molar-refractivity contribution in [2.24, 2.45) is 11.3 Å². The highest BCUT2D eigenvalue weighted by atomic mass is 16.2. The van der Waals surface area contributed by atoms with Gasteiger partial charge in [-0.1, -0.05) is 31.9 Å². The molecular weight excluding hydrogens is 224 g/mol. The Morgan fingerprint density at radius 2 is 2.28 bits per heavy atom. The van der Waals surface area contributed by atoms with Crippen molar-refractivity contribution in [3.8, 4) is 0 Å². The predicted octanol–water partition coefficient (Wildman–Crippen LogP) is 2.24. The van der Waals surface area contributed by atoms with Gasteiger partial charge in [0.05, 0.1) is 0 Å². The van der Waals surface area contributed by atoms with Crippen molar-refractivity contribution in [3.63, 3.8) is 0 Å². The van der Waals surface area contributed by atoms with Crippen LogP contribution in [-0.2, 0) is 4.79 Å². The smallest absolute Gasteiger partial charge is 0.226 e. The Kier molecular flexibility index (Phi) is 4.44. The third-order valence-electron chi connectivity index (χ3n) is 4.23. The summed E-state index contributed by atoms with van der Waals surface area (Å²) in [6, 6.07) is 0. The minimum atomic E-state index is -0.0400. The summed E-state index contributed by atoms with van der Waals surface area (Å²) in [4.78, 5) is 12.4. The molecule has 0 radical (unpaired) electrons. The van der Waals surface area contributed by atoms with Crippen molar-refractivity contribution in [1.29, 1.82) is 0 Å². The largest absolute Gasteiger partial charge is 0.352 e. The van der Waals surface area contributed by atoms with Crippen LogP contribution in [-0.4, -0.2) is 25.5 Å². The van der Waals surface area contributed by atoms with Crippen molar-refractivity contribution >= 4 is 5.91 Å². The average Bonchev–Trinajstić information content (AvgIpc) is 2.32. The highest BCUT2D eigenvalue weighted by molar-refractivity contribution is 5.83. The molecule has 0 unspecified atom stereocenters. The third kappa shape index (κ3) is 3.14. The zero-order valence-electron chi connectivity index (χ0n) is 11.7. The molecule has 2 N–H and O–H groups in total. The Morgan fingerprint density at radius 1 is 1.50 bits per heavy atom. The van der Waals surface area contributed by atoms with Crippen LogP contribution in [0, 0.1) is 11.3 Å². The maximum absolute atomic E-state index is 12.4. The summed E-state index contributed by atoms with van der Waals surface area (Å²) in [5.41, 5.74) is 1.34. The van der Waals surface area contributed by atoms with Crippen LogP contribution < -0.4 is 10.6 Å². The average molecular weight is 250 g/mol. The molecule has 18 heavy (non-hydrogen) atoms. The minimum Gasteiger partial charge on any atom is -0.352 e. The molecule has 1 aliphatic heterocycles. The molecule has 0 aromatic heterocycles. The monoisotopic (exact) mass is 250 g/mol. The van der Waals surface area contributed by atoms with Gasteiger partial charge in [-0.2, -0.15) is 0 Å². The van der Waals surface area contributed by atoms with Crippen LogP contribution in [0.4, 0.5) is 0 Å². The lowest BCUT2D eigenvalue weighted by Crippen LogP contribution is -2.47. The lowest BCUT2D eigenvalue weighted by molar-refractivity contribution is -0.137. The van der Waals surface area contributed by atoms with Crippen LogP contribution in [0.5, 0.6) is 0 Å². The maximum atomic E-state index is 12.4. The van der Waals surface area contributed by atoms with E-state index in [9.17, 15) is 4.79 Å². The lowest BCUT2D eigenvalue weighted by atomic mass is 9.64. The van der Waals surface area contributed by atoms with Gasteiger partial charge in [0.25, 0.3) is 0 Å². The van der Waals surface area contributed by atoms with E-state index in [-0.39, 0.29) is 5.41 Å². The summed E-state index contributed by atoms with van der Waals surface area (Å²) in [6.45, 7) is 7.16. The highest BCUT2D eigenvalue weighted by Crippen LogP contribution is 2.46. The molecule has 0 saturated heterocycles. The van der Waals surface area contributed by atoms with Crippen LogP contribution in [0.2, 0.25) is 0 Å². The number of amides is 1. The van der Waals surface area contributed by atoms with E-state index in [0.717, 1.165) is 45.3 Å². The fraction of sp³-hybridized carbons (Fsp3) is 0.800. The molecule has 1 aliphatic carbocycles. The van der Waals surface area contributed by atoms with Crippen molar-refractivity contribution in [2.45, 2.75) is 46.0 Å². The second-order valence-corrected chi connectivity index (χ2v) is 6.23. The molecule has 0 aromatic carbocycles. The first kappa shape index (κ1) is 13.6. The van der Waals surface area contributed by atoms with Gasteiger partial charge in [-0.05, 0) is 38.1 Å². The van der Waals surface area contributed by atoms with Gasteiger partial charge in [-0.25, -0.2) is 0 Å². The van der Waals surface area contributed by atoms with Gasteiger partial charge < -0.3 is 10.6 Å². The highest BCUT2D eigenvalue weighted by Gasteiger charge is 2.43. The first-order valence-electron chi connectivity index (χ1n) is 7.29. The van der Waals surface area contributed by atoms with Crippen LogP contribution in [0.15, 0.2) is 11.6 Å². The van der Waals surface area contributed by atoms with Crippen LogP contribution in [0.1, 0.15) is 46.0 Å². The lowest BCUT2D eigenvalue weighted by Gasteiger charge is -2.41. The number of hydrogen-bond donors (Lipinski definition) is 2. The number of carbonyl (C=O) groups excluding carboxylic acids is 1. The van der Waals surface area contributed by atoms with Gasteiger partial charge in [-0.15, -0.1) is 0 Å². The van der Waals surface area contributed by atoms with Crippen molar-refractivity contribution in [2.75, 3.05) is 19.6 Å². The van der Waals surface area contributed by atoms with E-state index in [1.54, 1.807) is 0 Å². The first-order chi connectivity index (χ1) is 8.62. The molecule has 0 spiro atoms. The van der Waals surface area contributed by atoms with Gasteiger partial charge in [-0.3, -0.25) is 4.79 Å². The topological polar surface area (TPSA) is 41.1 Å². The Labute approximate surface area is 110 Å². The molecular formula is C15H26N2O. The van der Waals surface area contributed by atoms with Gasteiger partial charge in [0.2, 0.25) is 5.91 Å². The van der Waals surface area contributed by atoms with Crippen LogP contribution in [0.25, 0.3) is 0 Å². The summed E-state index contributed by atoms with van der Waals surface area (Å²) < 4.78 is 0. The molecule has 3 heteroatoms. The number of nitrogens with one attached hydrogen (secondary N) is 2. The normalized spacial score (nSPS) is 22.3. The quantitative estimate of drug-likeness (QED) is 0.735. The summed E-state index contributed by atoms with van der Waals surface area (Å²) in [5, 5.41) is 6.46. The standard InChI is InChI=1S/C15H26N2O/c1-12(2)10-15(6-3-7-15)14(18)17-11-13-4-8-16-9-5-13/h4,12,16H,3,5-11H2,1-2H3,(H,17,18). The summed E-state index contributed by atoms with van der Waals surface area (Å²) in [6.07, 6.45) is 7.69. The molecule has 0 atom stereocenters. The zero-order valence-corrected chi connectivity index (χ0v) is 11.7. The van der Waals surface area contributed by atoms with E-state index in [1.807, 2.05) is 0 Å². The Balaban J connectivity index is 1.84. The molecule has 1 amide bonds. The zero-order chi connectivity index (χ0) is 13.0. The van der Waals surface area contributed by atoms with E-state index >= 15 is 0 Å². The molecule has 2 rings (SSSR count). The second kappa shape index (κ2) is 5.87. The fourth-order valence-corrected chi connectivity index (χ4v) is 3.12. The second-order valence-electron chi connectivity index (χ2n) is 6.23. The Bertz CT molecular complexity index is 329. The summed E-state index contributed by atoms with van der Waals surface area (Å²) in [7, 11) is 0. The van der Waals surface area contributed by atoms with Gasteiger partial charge >= 0.3 is 0 Å². The summed E-state index contributed by atoms with van der Waals surface area (Å²) in [5.74, 6) is 0.899. The molecule has 0 bridgehead atoms.